The maximum Gasteiger partial charge on any atom is 0.418 e. The van der Waals surface area contributed by atoms with Crippen LogP contribution in [0, 0.1) is 6.92 Å². The highest BCUT2D eigenvalue weighted by molar-refractivity contribution is 7.15. The van der Waals surface area contributed by atoms with Gasteiger partial charge in [-0.1, -0.05) is 42.0 Å². The zero-order chi connectivity index (χ0) is 20.6. The lowest BCUT2D eigenvalue weighted by atomic mass is 10.1. The van der Waals surface area contributed by atoms with Crippen LogP contribution in [-0.4, -0.2) is 22.5 Å². The number of carbonyl (C=O) groups excluding carboxylic acids is 1. The largest absolute Gasteiger partial charge is 0.418 e. The van der Waals surface area contributed by atoms with Crippen LogP contribution < -0.4 is 5.32 Å². The first kappa shape index (κ1) is 19.4. The summed E-state index contributed by atoms with van der Waals surface area (Å²) in [4.78, 5) is 19.8. The number of nitrogens with zero attached hydrogens (tertiary/aromatic N) is 2. The standard InChI is InChI=1S/C21H18F3N3OS/c1-13-6-8-14(9-7-13)19-25-17-10-11-27(12-18(17)29-19)20(28)26-16-5-3-2-4-15(16)21(22,23)24/h2-9H,10-12H2,1H3,(H,26,28). The normalized spacial score (nSPS) is 13.9. The van der Waals surface area contributed by atoms with Crippen LogP contribution in [0.4, 0.5) is 23.7 Å². The summed E-state index contributed by atoms with van der Waals surface area (Å²) in [5.41, 5.74) is 2.04. The second-order valence-corrected chi connectivity index (χ2v) is 7.98. The summed E-state index contributed by atoms with van der Waals surface area (Å²) in [5.74, 6) is 0. The van der Waals surface area contributed by atoms with Gasteiger partial charge in [0.05, 0.1) is 23.5 Å². The highest BCUT2D eigenvalue weighted by Crippen LogP contribution is 2.35. The van der Waals surface area contributed by atoms with E-state index in [4.69, 9.17) is 0 Å². The first-order chi connectivity index (χ1) is 13.8. The fourth-order valence-corrected chi connectivity index (χ4v) is 4.35. The minimum Gasteiger partial charge on any atom is -0.319 e. The maximum atomic E-state index is 13.2. The molecule has 0 aliphatic carbocycles. The number of para-hydroxylation sites is 1. The molecule has 0 radical (unpaired) electrons. The number of benzene rings is 2. The van der Waals surface area contributed by atoms with Crippen LogP contribution in [0.3, 0.4) is 0 Å². The molecule has 0 saturated heterocycles. The van der Waals surface area contributed by atoms with Crippen molar-refractivity contribution in [3.63, 3.8) is 0 Å². The number of hydrogen-bond acceptors (Lipinski definition) is 3. The molecule has 1 aliphatic heterocycles. The Morgan fingerprint density at radius 3 is 2.59 bits per heavy atom. The molecule has 0 bridgehead atoms. The summed E-state index contributed by atoms with van der Waals surface area (Å²) in [6, 6.07) is 12.5. The first-order valence-electron chi connectivity index (χ1n) is 9.09. The fourth-order valence-electron chi connectivity index (χ4n) is 3.22. The molecule has 2 amide bonds. The summed E-state index contributed by atoms with van der Waals surface area (Å²) in [6.45, 7) is 2.76. The lowest BCUT2D eigenvalue weighted by Gasteiger charge is -2.27. The number of aryl methyl sites for hydroxylation is 1. The zero-order valence-electron chi connectivity index (χ0n) is 15.6. The van der Waals surface area contributed by atoms with Crippen LogP contribution in [0.15, 0.2) is 48.5 Å². The fraction of sp³-hybridized carbons (Fsp3) is 0.238. The van der Waals surface area contributed by atoms with E-state index in [0.717, 1.165) is 32.8 Å². The molecule has 1 aliphatic rings. The molecule has 2 aromatic carbocycles. The van der Waals surface area contributed by atoms with Crippen molar-refractivity contribution in [2.24, 2.45) is 0 Å². The summed E-state index contributed by atoms with van der Waals surface area (Å²) < 4.78 is 39.5. The molecule has 0 spiro atoms. The van der Waals surface area contributed by atoms with E-state index in [1.807, 2.05) is 31.2 Å². The van der Waals surface area contributed by atoms with Crippen LogP contribution in [0.5, 0.6) is 0 Å². The van der Waals surface area contributed by atoms with Gasteiger partial charge in [0.15, 0.2) is 0 Å². The minimum absolute atomic E-state index is 0.236. The van der Waals surface area contributed by atoms with Crippen molar-refractivity contribution in [2.45, 2.75) is 26.1 Å². The molecule has 4 rings (SSSR count). The average molecular weight is 417 g/mol. The lowest BCUT2D eigenvalue weighted by molar-refractivity contribution is -0.136. The highest BCUT2D eigenvalue weighted by atomic mass is 32.1. The Morgan fingerprint density at radius 2 is 1.86 bits per heavy atom. The van der Waals surface area contributed by atoms with Crippen molar-refractivity contribution in [1.82, 2.24) is 9.88 Å². The Bertz CT molecular complexity index is 1040. The van der Waals surface area contributed by atoms with Gasteiger partial charge < -0.3 is 10.2 Å². The quantitative estimate of drug-likeness (QED) is 0.579. The Labute approximate surface area is 170 Å². The molecule has 0 saturated carbocycles. The Kier molecular flexibility index (Phi) is 5.04. The Balaban J connectivity index is 1.50. The number of alkyl halides is 3. The molecule has 1 aromatic heterocycles. The molecule has 29 heavy (non-hydrogen) atoms. The van der Waals surface area contributed by atoms with Gasteiger partial charge in [0, 0.05) is 23.4 Å². The molecule has 3 aromatic rings. The number of nitrogens with one attached hydrogen (secondary N) is 1. The summed E-state index contributed by atoms with van der Waals surface area (Å²) >= 11 is 1.52. The number of aromatic nitrogens is 1. The van der Waals surface area contributed by atoms with Crippen LogP contribution in [0.25, 0.3) is 10.6 Å². The zero-order valence-corrected chi connectivity index (χ0v) is 16.4. The maximum absolute atomic E-state index is 13.2. The molecule has 150 valence electrons. The van der Waals surface area contributed by atoms with Gasteiger partial charge in [0.25, 0.3) is 0 Å². The van der Waals surface area contributed by atoms with E-state index in [1.165, 1.54) is 34.4 Å². The number of hydrogen-bond donors (Lipinski definition) is 1. The second-order valence-electron chi connectivity index (χ2n) is 6.90. The smallest absolute Gasteiger partial charge is 0.319 e. The Hall–Kier alpha value is -2.87. The number of fused-ring (bicyclic) bond motifs is 1. The third-order valence-corrected chi connectivity index (χ3v) is 5.92. The van der Waals surface area contributed by atoms with Gasteiger partial charge in [-0.3, -0.25) is 0 Å². The van der Waals surface area contributed by atoms with E-state index in [1.54, 1.807) is 0 Å². The number of anilines is 1. The van der Waals surface area contributed by atoms with Crippen LogP contribution in [0.1, 0.15) is 21.7 Å². The monoisotopic (exact) mass is 417 g/mol. The lowest BCUT2D eigenvalue weighted by Crippen LogP contribution is -2.38. The highest BCUT2D eigenvalue weighted by Gasteiger charge is 2.34. The predicted octanol–water partition coefficient (Wildman–Crippen LogP) is 5.73. The van der Waals surface area contributed by atoms with E-state index >= 15 is 0 Å². The predicted molar refractivity (Wildman–Crippen MR) is 107 cm³/mol. The van der Waals surface area contributed by atoms with Gasteiger partial charge in [0.2, 0.25) is 0 Å². The average Bonchev–Trinajstić information content (AvgIpc) is 3.11. The first-order valence-corrected chi connectivity index (χ1v) is 9.90. The number of thiazole rings is 1. The molecular weight excluding hydrogens is 399 g/mol. The summed E-state index contributed by atoms with van der Waals surface area (Å²) in [5, 5.41) is 3.30. The second kappa shape index (κ2) is 7.51. The van der Waals surface area contributed by atoms with Crippen molar-refractivity contribution in [2.75, 3.05) is 11.9 Å². The summed E-state index contributed by atoms with van der Waals surface area (Å²) in [7, 11) is 0. The Morgan fingerprint density at radius 1 is 1.14 bits per heavy atom. The van der Waals surface area contributed by atoms with Crippen molar-refractivity contribution in [1.29, 1.82) is 0 Å². The van der Waals surface area contributed by atoms with Gasteiger partial charge >= 0.3 is 12.2 Å². The van der Waals surface area contributed by atoms with E-state index in [0.29, 0.717) is 19.5 Å². The number of halogens is 3. The number of urea groups is 1. The molecule has 4 nitrogen and oxygen atoms in total. The SMILES string of the molecule is Cc1ccc(-c2nc3c(s2)CN(C(=O)Nc2ccccc2C(F)(F)F)CC3)cc1. The van der Waals surface area contributed by atoms with Crippen LogP contribution in [0.2, 0.25) is 0 Å². The molecule has 2 heterocycles. The van der Waals surface area contributed by atoms with Gasteiger partial charge in [-0.05, 0) is 19.1 Å². The van der Waals surface area contributed by atoms with Crippen molar-refractivity contribution >= 4 is 23.1 Å². The third-order valence-electron chi connectivity index (χ3n) is 4.79. The minimum atomic E-state index is -4.53. The number of amides is 2. The molecule has 0 atom stereocenters. The topological polar surface area (TPSA) is 45.2 Å². The van der Waals surface area contributed by atoms with Gasteiger partial charge in [0.1, 0.15) is 5.01 Å². The number of rotatable bonds is 2. The molecular formula is C21H18F3N3OS. The van der Waals surface area contributed by atoms with Crippen molar-refractivity contribution < 1.29 is 18.0 Å². The van der Waals surface area contributed by atoms with Crippen LogP contribution >= 0.6 is 11.3 Å². The van der Waals surface area contributed by atoms with Gasteiger partial charge in [-0.25, -0.2) is 9.78 Å². The molecule has 0 fully saturated rings. The molecule has 0 unspecified atom stereocenters. The van der Waals surface area contributed by atoms with Gasteiger partial charge in [-0.2, -0.15) is 13.2 Å². The van der Waals surface area contributed by atoms with E-state index in [2.05, 4.69) is 10.3 Å². The van der Waals surface area contributed by atoms with E-state index in [9.17, 15) is 18.0 Å². The third kappa shape index (κ3) is 4.12. The van der Waals surface area contributed by atoms with E-state index < -0.39 is 17.8 Å². The molecule has 1 N–H and O–H groups in total. The number of carbonyl (C=O) groups is 1. The van der Waals surface area contributed by atoms with Crippen molar-refractivity contribution in [3.8, 4) is 10.6 Å². The van der Waals surface area contributed by atoms with E-state index in [-0.39, 0.29) is 5.69 Å². The molecule has 8 heteroatoms. The van der Waals surface area contributed by atoms with Crippen LogP contribution in [-0.2, 0) is 19.1 Å². The summed E-state index contributed by atoms with van der Waals surface area (Å²) in [6.07, 6.45) is -3.95. The van der Waals surface area contributed by atoms with Gasteiger partial charge in [-0.15, -0.1) is 11.3 Å². The van der Waals surface area contributed by atoms with Crippen molar-refractivity contribution in [3.05, 3.63) is 70.2 Å².